The lowest BCUT2D eigenvalue weighted by atomic mass is 9.76. The van der Waals surface area contributed by atoms with Crippen molar-refractivity contribution in [2.24, 2.45) is 11.3 Å². The zero-order valence-corrected chi connectivity index (χ0v) is 17.6. The van der Waals surface area contributed by atoms with Gasteiger partial charge in [-0.15, -0.1) is 11.8 Å². The van der Waals surface area contributed by atoms with E-state index in [1.54, 1.807) is 37.4 Å². The Hall–Kier alpha value is -1.44. The summed E-state index contributed by atoms with van der Waals surface area (Å²) in [7, 11) is 0. The summed E-state index contributed by atoms with van der Waals surface area (Å²) in [5, 5.41) is 12.7. The first-order valence-corrected chi connectivity index (χ1v) is 9.87. The number of ether oxygens (including phenoxy) is 1. The molecule has 1 rings (SSSR count). The summed E-state index contributed by atoms with van der Waals surface area (Å²) in [5.41, 5.74) is -1.30. The van der Waals surface area contributed by atoms with E-state index in [-0.39, 0.29) is 17.7 Å². The summed E-state index contributed by atoms with van der Waals surface area (Å²) >= 11 is 1.58. The molecule has 150 valence electrons. The lowest BCUT2D eigenvalue weighted by molar-refractivity contribution is -0.148. The van der Waals surface area contributed by atoms with Crippen molar-refractivity contribution in [3.63, 3.8) is 0 Å². The van der Waals surface area contributed by atoms with Crippen molar-refractivity contribution in [1.82, 2.24) is 10.2 Å². The van der Waals surface area contributed by atoms with Gasteiger partial charge in [-0.05, 0) is 26.2 Å². The van der Waals surface area contributed by atoms with Crippen molar-refractivity contribution < 1.29 is 24.2 Å². The fourth-order valence-electron chi connectivity index (χ4n) is 3.02. The summed E-state index contributed by atoms with van der Waals surface area (Å²) in [5.74, 6) is -1.55. The fraction of sp³-hybridized carbons (Fsp3) is 0.833. The molecule has 1 heterocycles. The number of aliphatic carboxylic acids is 1. The highest BCUT2D eigenvalue weighted by atomic mass is 32.2. The van der Waals surface area contributed by atoms with Crippen LogP contribution >= 0.6 is 11.8 Å². The average Bonchev–Trinajstić information content (AvgIpc) is 2.38. The zero-order valence-electron chi connectivity index (χ0n) is 16.8. The number of nitrogens with zero attached hydrogens (tertiary/aromatic N) is 1. The van der Waals surface area contributed by atoms with Gasteiger partial charge >= 0.3 is 12.1 Å². The van der Waals surface area contributed by atoms with Crippen molar-refractivity contribution in [3.05, 3.63) is 0 Å². The highest BCUT2D eigenvalue weighted by molar-refractivity contribution is 8.00. The Morgan fingerprint density at radius 1 is 1.31 bits per heavy atom. The summed E-state index contributed by atoms with van der Waals surface area (Å²) in [6.07, 6.45) is -0.676. The van der Waals surface area contributed by atoms with Crippen LogP contribution in [0.3, 0.4) is 0 Å². The third kappa shape index (κ3) is 7.05. The van der Waals surface area contributed by atoms with Gasteiger partial charge < -0.3 is 20.1 Å². The largest absolute Gasteiger partial charge is 0.481 e. The number of alkyl carbamates (subject to hydrolysis) is 1. The Kier molecular flexibility index (Phi) is 7.39. The molecule has 0 spiro atoms. The highest BCUT2D eigenvalue weighted by Crippen LogP contribution is 2.30. The summed E-state index contributed by atoms with van der Waals surface area (Å²) in [6.45, 7) is 13.4. The second kappa shape index (κ2) is 8.50. The molecule has 3 atom stereocenters. The van der Waals surface area contributed by atoms with Gasteiger partial charge in [-0.2, -0.15) is 0 Å². The van der Waals surface area contributed by atoms with E-state index in [0.717, 1.165) is 0 Å². The first-order chi connectivity index (χ1) is 11.7. The number of amides is 2. The van der Waals surface area contributed by atoms with Crippen molar-refractivity contribution in [2.75, 3.05) is 18.8 Å². The monoisotopic (exact) mass is 388 g/mol. The molecule has 1 aliphatic rings. The van der Waals surface area contributed by atoms with Crippen LogP contribution in [-0.4, -0.2) is 63.7 Å². The normalized spacial score (nSPS) is 21.1. The maximum Gasteiger partial charge on any atom is 0.407 e. The quantitative estimate of drug-likeness (QED) is 0.751. The van der Waals surface area contributed by atoms with E-state index in [1.165, 1.54) is 0 Å². The predicted molar refractivity (Wildman–Crippen MR) is 102 cm³/mol. The Morgan fingerprint density at radius 3 is 2.35 bits per heavy atom. The van der Waals surface area contributed by atoms with Crippen LogP contribution in [0.25, 0.3) is 0 Å². The van der Waals surface area contributed by atoms with E-state index in [4.69, 9.17) is 4.74 Å². The van der Waals surface area contributed by atoms with Crippen LogP contribution in [-0.2, 0) is 14.3 Å². The van der Waals surface area contributed by atoms with E-state index >= 15 is 0 Å². The molecule has 1 aliphatic heterocycles. The molecule has 0 aromatic rings. The molecule has 0 saturated carbocycles. The van der Waals surface area contributed by atoms with Gasteiger partial charge in [0.25, 0.3) is 0 Å². The summed E-state index contributed by atoms with van der Waals surface area (Å²) < 4.78 is 5.30. The van der Waals surface area contributed by atoms with Crippen LogP contribution in [0.4, 0.5) is 4.79 Å². The standard InChI is InChI=1S/C18H32N2O5S/c1-11-8-20(13(21)10-26-11)9-12(14(15(22)23)17(2,3)4)19-16(24)25-18(5,6)7/h11-12,14H,8-10H2,1-7H3,(H,19,24)(H,22,23)/t11?,12-,14?/m1/s1. The van der Waals surface area contributed by atoms with Gasteiger partial charge in [-0.25, -0.2) is 4.79 Å². The molecule has 0 bridgehead atoms. The number of carbonyl (C=O) groups excluding carboxylic acids is 2. The Labute approximate surface area is 160 Å². The lowest BCUT2D eigenvalue weighted by Crippen LogP contribution is -2.57. The Bertz CT molecular complexity index is 539. The van der Waals surface area contributed by atoms with Crippen LogP contribution in [0.1, 0.15) is 48.5 Å². The minimum Gasteiger partial charge on any atom is -0.481 e. The number of thioether (sulfide) groups is 1. The first kappa shape index (κ1) is 22.6. The van der Waals surface area contributed by atoms with E-state index < -0.39 is 35.0 Å². The topological polar surface area (TPSA) is 95.9 Å². The van der Waals surface area contributed by atoms with Crippen molar-refractivity contribution in [2.45, 2.75) is 65.4 Å². The number of hydrogen-bond donors (Lipinski definition) is 2. The number of carboxylic acids is 1. The first-order valence-electron chi connectivity index (χ1n) is 8.82. The average molecular weight is 389 g/mol. The smallest absolute Gasteiger partial charge is 0.407 e. The van der Waals surface area contributed by atoms with E-state index in [1.807, 2.05) is 27.7 Å². The Morgan fingerprint density at radius 2 is 1.88 bits per heavy atom. The maximum atomic E-state index is 12.3. The molecular weight excluding hydrogens is 356 g/mol. The third-order valence-corrected chi connectivity index (χ3v) is 5.17. The molecule has 0 aromatic carbocycles. The van der Waals surface area contributed by atoms with E-state index in [9.17, 15) is 19.5 Å². The van der Waals surface area contributed by atoms with E-state index in [0.29, 0.717) is 12.3 Å². The Balaban J connectivity index is 3.05. The van der Waals surface area contributed by atoms with Crippen molar-refractivity contribution in [1.29, 1.82) is 0 Å². The molecule has 2 amide bonds. The minimum absolute atomic E-state index is 0.0397. The van der Waals surface area contributed by atoms with Crippen LogP contribution < -0.4 is 5.32 Å². The van der Waals surface area contributed by atoms with Gasteiger partial charge in [-0.1, -0.05) is 27.7 Å². The summed E-state index contributed by atoms with van der Waals surface area (Å²) in [6, 6.07) is -0.749. The molecule has 8 heteroatoms. The molecule has 7 nitrogen and oxygen atoms in total. The van der Waals surface area contributed by atoms with Gasteiger partial charge in [0, 0.05) is 18.3 Å². The van der Waals surface area contributed by atoms with Gasteiger partial charge in [0.1, 0.15) is 5.60 Å². The van der Waals surface area contributed by atoms with Gasteiger partial charge in [-0.3, -0.25) is 9.59 Å². The van der Waals surface area contributed by atoms with Crippen LogP contribution in [0.5, 0.6) is 0 Å². The van der Waals surface area contributed by atoms with Gasteiger partial charge in [0.05, 0.1) is 17.7 Å². The SMILES string of the molecule is CC1CN(C[C@@H](NC(=O)OC(C)(C)C)C(C(=O)O)C(C)(C)C)C(=O)CS1. The minimum atomic E-state index is -1.01. The second-order valence-electron chi connectivity index (χ2n) is 8.85. The number of nitrogens with one attached hydrogen (secondary N) is 1. The molecule has 26 heavy (non-hydrogen) atoms. The van der Waals surface area contributed by atoms with Gasteiger partial charge in [0.2, 0.25) is 5.91 Å². The van der Waals surface area contributed by atoms with Crippen molar-refractivity contribution >= 4 is 29.7 Å². The molecule has 1 fully saturated rings. The highest BCUT2D eigenvalue weighted by Gasteiger charge is 2.41. The molecule has 0 radical (unpaired) electrons. The van der Waals surface area contributed by atoms with Crippen molar-refractivity contribution in [3.8, 4) is 0 Å². The molecule has 2 N–H and O–H groups in total. The fourth-order valence-corrected chi connectivity index (χ4v) is 3.92. The summed E-state index contributed by atoms with van der Waals surface area (Å²) in [4.78, 5) is 38.1. The predicted octanol–water partition coefficient (Wildman–Crippen LogP) is 2.59. The third-order valence-electron chi connectivity index (χ3n) is 4.04. The molecule has 0 aliphatic carbocycles. The van der Waals surface area contributed by atoms with Crippen LogP contribution in [0.15, 0.2) is 0 Å². The zero-order chi connectivity index (χ0) is 20.3. The van der Waals surface area contributed by atoms with Gasteiger partial charge in [0.15, 0.2) is 0 Å². The number of hydrogen-bond acceptors (Lipinski definition) is 5. The van der Waals surface area contributed by atoms with E-state index in [2.05, 4.69) is 5.32 Å². The molecular formula is C18H32N2O5S. The van der Waals surface area contributed by atoms with Crippen LogP contribution in [0, 0.1) is 11.3 Å². The lowest BCUT2D eigenvalue weighted by Gasteiger charge is -2.39. The number of rotatable bonds is 5. The molecule has 2 unspecified atom stereocenters. The number of carbonyl (C=O) groups is 3. The van der Waals surface area contributed by atoms with Crippen LogP contribution in [0.2, 0.25) is 0 Å². The molecule has 1 saturated heterocycles. The number of carboxylic acid groups (broad SMARTS) is 1. The maximum absolute atomic E-state index is 12.3. The second-order valence-corrected chi connectivity index (χ2v) is 10.3. The molecule has 0 aromatic heterocycles.